The quantitative estimate of drug-likeness (QED) is 0.794. The maximum absolute atomic E-state index is 12.9. The average molecular weight is 379 g/mol. The lowest BCUT2D eigenvalue weighted by molar-refractivity contribution is -0.137. The van der Waals surface area contributed by atoms with Crippen molar-refractivity contribution in [3.8, 4) is 0 Å². The zero-order chi connectivity index (χ0) is 17.9. The summed E-state index contributed by atoms with van der Waals surface area (Å²) in [5, 5.41) is 2.94. The SMILES string of the molecule is CC(C)CC(NC(=O)C1CCC(N)C1)c1cccc(C(F)(F)F)c1.Cl. The number of rotatable bonds is 5. The molecule has 0 aromatic heterocycles. The minimum absolute atomic E-state index is 0. The van der Waals surface area contributed by atoms with Gasteiger partial charge in [-0.25, -0.2) is 0 Å². The molecule has 0 saturated heterocycles. The highest BCUT2D eigenvalue weighted by Crippen LogP contribution is 2.32. The number of nitrogens with one attached hydrogen (secondary N) is 1. The monoisotopic (exact) mass is 378 g/mol. The summed E-state index contributed by atoms with van der Waals surface area (Å²) in [5.74, 6) is 0.00199. The van der Waals surface area contributed by atoms with Crippen molar-refractivity contribution < 1.29 is 18.0 Å². The number of carbonyl (C=O) groups excluding carboxylic acids is 1. The van der Waals surface area contributed by atoms with Crippen molar-refractivity contribution >= 4 is 18.3 Å². The molecule has 3 nitrogen and oxygen atoms in total. The van der Waals surface area contributed by atoms with E-state index in [1.54, 1.807) is 6.07 Å². The lowest BCUT2D eigenvalue weighted by Gasteiger charge is -2.24. The van der Waals surface area contributed by atoms with Crippen LogP contribution in [-0.2, 0) is 11.0 Å². The fourth-order valence-corrected chi connectivity index (χ4v) is 3.23. The molecule has 1 aromatic rings. The number of benzene rings is 1. The summed E-state index contributed by atoms with van der Waals surface area (Å²) in [6.45, 7) is 3.97. The van der Waals surface area contributed by atoms with Crippen LogP contribution in [0.25, 0.3) is 0 Å². The number of hydrogen-bond acceptors (Lipinski definition) is 2. The molecule has 3 unspecified atom stereocenters. The molecule has 1 aliphatic carbocycles. The molecule has 0 radical (unpaired) electrons. The fourth-order valence-electron chi connectivity index (χ4n) is 3.23. The minimum atomic E-state index is -4.39. The Bertz CT molecular complexity index is 578. The molecule has 3 N–H and O–H groups in total. The highest BCUT2D eigenvalue weighted by molar-refractivity contribution is 5.85. The Morgan fingerprint density at radius 2 is 2.00 bits per heavy atom. The van der Waals surface area contributed by atoms with Crippen LogP contribution in [-0.4, -0.2) is 11.9 Å². The van der Waals surface area contributed by atoms with Gasteiger partial charge >= 0.3 is 6.18 Å². The van der Waals surface area contributed by atoms with Crippen LogP contribution in [0, 0.1) is 11.8 Å². The van der Waals surface area contributed by atoms with E-state index >= 15 is 0 Å². The first-order valence-electron chi connectivity index (χ1n) is 8.40. The predicted molar refractivity (Wildman–Crippen MR) is 94.3 cm³/mol. The third-order valence-corrected chi connectivity index (χ3v) is 4.48. The molecule has 1 saturated carbocycles. The van der Waals surface area contributed by atoms with Gasteiger partial charge in [-0.15, -0.1) is 12.4 Å². The second kappa shape index (κ2) is 8.90. The Morgan fingerprint density at radius 3 is 2.52 bits per heavy atom. The van der Waals surface area contributed by atoms with Gasteiger partial charge in [0.05, 0.1) is 11.6 Å². The number of nitrogens with two attached hydrogens (primary N) is 1. The fraction of sp³-hybridized carbons (Fsp3) is 0.611. The molecule has 0 spiro atoms. The van der Waals surface area contributed by atoms with Gasteiger partial charge in [-0.05, 0) is 49.3 Å². The molecule has 7 heteroatoms. The van der Waals surface area contributed by atoms with Crippen molar-refractivity contribution in [3.05, 3.63) is 35.4 Å². The van der Waals surface area contributed by atoms with Crippen molar-refractivity contribution in [2.75, 3.05) is 0 Å². The van der Waals surface area contributed by atoms with Gasteiger partial charge in [0.1, 0.15) is 0 Å². The first kappa shape index (κ1) is 21.8. The van der Waals surface area contributed by atoms with Gasteiger partial charge in [-0.1, -0.05) is 26.0 Å². The van der Waals surface area contributed by atoms with E-state index in [0.717, 1.165) is 25.0 Å². The van der Waals surface area contributed by atoms with E-state index in [0.29, 0.717) is 18.4 Å². The number of amides is 1. The Kier molecular flexibility index (Phi) is 7.75. The van der Waals surface area contributed by atoms with Crippen LogP contribution in [0.3, 0.4) is 0 Å². The third kappa shape index (κ3) is 6.19. The van der Waals surface area contributed by atoms with Crippen LogP contribution < -0.4 is 11.1 Å². The van der Waals surface area contributed by atoms with Gasteiger partial charge in [0.2, 0.25) is 5.91 Å². The molecule has 0 heterocycles. The van der Waals surface area contributed by atoms with Crippen molar-refractivity contribution in [1.82, 2.24) is 5.32 Å². The second-order valence-corrected chi connectivity index (χ2v) is 7.08. The maximum atomic E-state index is 12.9. The minimum Gasteiger partial charge on any atom is -0.349 e. The molecule has 3 atom stereocenters. The van der Waals surface area contributed by atoms with Gasteiger partial charge in [-0.3, -0.25) is 4.79 Å². The Hall–Kier alpha value is -1.27. The molecule has 0 bridgehead atoms. The third-order valence-electron chi connectivity index (χ3n) is 4.48. The molecule has 0 aliphatic heterocycles. The average Bonchev–Trinajstić information content (AvgIpc) is 2.92. The standard InChI is InChI=1S/C18H25F3N2O.ClH/c1-11(2)8-16(23-17(24)13-6-7-15(22)10-13)12-4-3-5-14(9-12)18(19,20)21;/h3-5,9,11,13,15-16H,6-8,10,22H2,1-2H3,(H,23,24);1H. The predicted octanol–water partition coefficient (Wildman–Crippen LogP) is 4.46. The Morgan fingerprint density at radius 1 is 1.32 bits per heavy atom. The lowest BCUT2D eigenvalue weighted by Crippen LogP contribution is -2.34. The molecule has 1 fully saturated rings. The summed E-state index contributed by atoms with van der Waals surface area (Å²) in [5.41, 5.74) is 5.65. The van der Waals surface area contributed by atoms with E-state index in [2.05, 4.69) is 5.32 Å². The number of halogens is 4. The molecule has 1 aliphatic rings. The van der Waals surface area contributed by atoms with Crippen LogP contribution in [0.2, 0.25) is 0 Å². The number of carbonyl (C=O) groups is 1. The molecular formula is C18H26ClF3N2O. The topological polar surface area (TPSA) is 55.1 Å². The first-order valence-corrected chi connectivity index (χ1v) is 8.40. The normalized spacial score (nSPS) is 21.7. The van der Waals surface area contributed by atoms with E-state index in [1.165, 1.54) is 6.07 Å². The summed E-state index contributed by atoms with van der Waals surface area (Å²) in [6, 6.07) is 4.84. The Labute approximate surface area is 153 Å². The summed E-state index contributed by atoms with van der Waals surface area (Å²) >= 11 is 0. The molecule has 1 amide bonds. The summed E-state index contributed by atoms with van der Waals surface area (Å²) < 4.78 is 38.8. The van der Waals surface area contributed by atoms with Gasteiger partial charge in [0.25, 0.3) is 0 Å². The number of alkyl halides is 3. The summed E-state index contributed by atoms with van der Waals surface area (Å²) in [6.07, 6.45) is -1.60. The van der Waals surface area contributed by atoms with Gasteiger partial charge < -0.3 is 11.1 Å². The zero-order valence-corrected chi connectivity index (χ0v) is 15.3. The van der Waals surface area contributed by atoms with Crippen molar-refractivity contribution in [3.63, 3.8) is 0 Å². The van der Waals surface area contributed by atoms with Crippen molar-refractivity contribution in [1.29, 1.82) is 0 Å². The lowest BCUT2D eigenvalue weighted by atomic mass is 9.94. The van der Waals surface area contributed by atoms with E-state index in [1.807, 2.05) is 13.8 Å². The molecule has 1 aromatic carbocycles. The molecule has 142 valence electrons. The largest absolute Gasteiger partial charge is 0.416 e. The first-order chi connectivity index (χ1) is 11.2. The van der Waals surface area contributed by atoms with Gasteiger partial charge in [-0.2, -0.15) is 13.2 Å². The van der Waals surface area contributed by atoms with Crippen LogP contribution in [0.15, 0.2) is 24.3 Å². The van der Waals surface area contributed by atoms with Crippen LogP contribution >= 0.6 is 12.4 Å². The van der Waals surface area contributed by atoms with E-state index in [9.17, 15) is 18.0 Å². The van der Waals surface area contributed by atoms with E-state index in [4.69, 9.17) is 5.73 Å². The highest BCUT2D eigenvalue weighted by Gasteiger charge is 2.32. The molecule has 2 rings (SSSR count). The van der Waals surface area contributed by atoms with E-state index in [-0.39, 0.29) is 36.2 Å². The van der Waals surface area contributed by atoms with Crippen LogP contribution in [0.1, 0.15) is 56.7 Å². The zero-order valence-electron chi connectivity index (χ0n) is 14.5. The summed E-state index contributed by atoms with van der Waals surface area (Å²) in [4.78, 5) is 12.4. The summed E-state index contributed by atoms with van der Waals surface area (Å²) in [7, 11) is 0. The van der Waals surface area contributed by atoms with E-state index < -0.39 is 17.8 Å². The van der Waals surface area contributed by atoms with Crippen molar-refractivity contribution in [2.45, 2.75) is 57.8 Å². The van der Waals surface area contributed by atoms with Crippen LogP contribution in [0.5, 0.6) is 0 Å². The highest BCUT2D eigenvalue weighted by atomic mass is 35.5. The number of hydrogen-bond donors (Lipinski definition) is 2. The smallest absolute Gasteiger partial charge is 0.349 e. The molecular weight excluding hydrogens is 353 g/mol. The van der Waals surface area contributed by atoms with Crippen LogP contribution in [0.4, 0.5) is 13.2 Å². The maximum Gasteiger partial charge on any atom is 0.416 e. The van der Waals surface area contributed by atoms with Gasteiger partial charge in [0.15, 0.2) is 0 Å². The van der Waals surface area contributed by atoms with Crippen molar-refractivity contribution in [2.24, 2.45) is 17.6 Å². The van der Waals surface area contributed by atoms with Gasteiger partial charge in [0, 0.05) is 12.0 Å². The Balaban J connectivity index is 0.00000312. The second-order valence-electron chi connectivity index (χ2n) is 7.08. The molecule has 25 heavy (non-hydrogen) atoms.